The third-order valence-electron chi connectivity index (χ3n) is 7.73. The Balaban J connectivity index is 1.27. The molecule has 0 bridgehead atoms. The van der Waals surface area contributed by atoms with Crippen LogP contribution in [0.4, 0.5) is 14.5 Å². The van der Waals surface area contributed by atoms with E-state index in [-0.39, 0.29) is 34.8 Å². The zero-order valence-corrected chi connectivity index (χ0v) is 21.5. The van der Waals surface area contributed by atoms with E-state index in [2.05, 4.69) is 22.8 Å². The highest BCUT2D eigenvalue weighted by molar-refractivity contribution is 6.48. The largest absolute Gasteiger partial charge is 0.378 e. The molecule has 3 heterocycles. The van der Waals surface area contributed by atoms with Crippen LogP contribution < -0.4 is 10.6 Å². The molecule has 196 valence electrons. The highest BCUT2D eigenvalue weighted by Crippen LogP contribution is 2.51. The van der Waals surface area contributed by atoms with E-state index in [1.165, 1.54) is 6.07 Å². The van der Waals surface area contributed by atoms with Crippen molar-refractivity contribution in [2.75, 3.05) is 5.32 Å². The third-order valence-corrected chi connectivity index (χ3v) is 8.13. The van der Waals surface area contributed by atoms with Gasteiger partial charge in [0, 0.05) is 35.2 Å². The highest BCUT2D eigenvalue weighted by Gasteiger charge is 2.43. The van der Waals surface area contributed by atoms with Crippen molar-refractivity contribution in [1.29, 1.82) is 0 Å². The molecule has 2 amide bonds. The lowest BCUT2D eigenvalue weighted by Crippen LogP contribution is -2.39. The van der Waals surface area contributed by atoms with Crippen LogP contribution in [0.1, 0.15) is 80.7 Å². The van der Waals surface area contributed by atoms with E-state index in [0.29, 0.717) is 12.0 Å². The van der Waals surface area contributed by atoms with E-state index in [1.807, 2.05) is 18.2 Å². The summed E-state index contributed by atoms with van der Waals surface area (Å²) in [7, 11) is 0. The van der Waals surface area contributed by atoms with Crippen molar-refractivity contribution in [3.05, 3.63) is 75.8 Å². The number of imide groups is 1. The van der Waals surface area contributed by atoms with Crippen LogP contribution in [-0.4, -0.2) is 17.9 Å². The van der Waals surface area contributed by atoms with Crippen LogP contribution in [0.2, 0.25) is 0 Å². The molecule has 3 aliphatic rings. The summed E-state index contributed by atoms with van der Waals surface area (Å²) in [4.78, 5) is 23.3. The van der Waals surface area contributed by atoms with Crippen LogP contribution in [0.25, 0.3) is 0 Å². The van der Waals surface area contributed by atoms with Gasteiger partial charge in [-0.25, -0.2) is 8.78 Å². The summed E-state index contributed by atoms with van der Waals surface area (Å²) in [5.41, 5.74) is 3.18. The average Bonchev–Trinajstić information content (AvgIpc) is 3.13. The first-order valence-electron chi connectivity index (χ1n) is 13.0. The van der Waals surface area contributed by atoms with Crippen molar-refractivity contribution in [3.63, 3.8) is 0 Å². The number of ether oxygens (including phenoxy) is 1. The number of rotatable bonds is 8. The number of hydrogen-bond donors (Lipinski definition) is 2. The fourth-order valence-corrected chi connectivity index (χ4v) is 6.00. The summed E-state index contributed by atoms with van der Waals surface area (Å²) in [5.74, 6) is -3.70. The van der Waals surface area contributed by atoms with Gasteiger partial charge in [-0.15, -0.1) is 0 Å². The zero-order chi connectivity index (χ0) is 26.2. The van der Waals surface area contributed by atoms with E-state index in [1.54, 1.807) is 12.1 Å². The smallest absolute Gasteiger partial charge is 0.270 e. The molecule has 1 fully saturated rings. The number of hydrogen-bond acceptors (Lipinski definition) is 4. The van der Waals surface area contributed by atoms with Crippen LogP contribution in [0.5, 0.6) is 0 Å². The third kappa shape index (κ3) is 5.43. The fraction of sp³-hybridized carbons (Fsp3) is 0.448. The van der Waals surface area contributed by atoms with Crippen molar-refractivity contribution in [2.24, 2.45) is 5.92 Å². The molecule has 0 unspecified atom stereocenters. The Labute approximate surface area is 220 Å². The number of amides is 2. The Morgan fingerprint density at radius 1 is 1.03 bits per heavy atom. The van der Waals surface area contributed by atoms with Gasteiger partial charge in [0.15, 0.2) is 0 Å². The SMILES string of the molecule is CC(F)(F)c1ccc2c(c1)[C@H]1O[C@@H](CCCCCC3=C(Cl)C(=O)NC3=O)CC[C@H]1[C@H](c1ccccc1)N2. The van der Waals surface area contributed by atoms with Gasteiger partial charge >= 0.3 is 0 Å². The molecule has 4 atom stereocenters. The molecular formula is C29H31ClF2N2O3. The molecule has 0 saturated carbocycles. The van der Waals surface area contributed by atoms with Crippen LogP contribution in [0.15, 0.2) is 59.1 Å². The number of carbonyl (C=O) groups excluding carboxylic acids is 2. The molecule has 37 heavy (non-hydrogen) atoms. The monoisotopic (exact) mass is 528 g/mol. The van der Waals surface area contributed by atoms with E-state index in [4.69, 9.17) is 16.3 Å². The predicted molar refractivity (Wildman–Crippen MR) is 138 cm³/mol. The van der Waals surface area contributed by atoms with Gasteiger partial charge in [-0.05, 0) is 49.8 Å². The first-order valence-corrected chi connectivity index (χ1v) is 13.3. The predicted octanol–water partition coefficient (Wildman–Crippen LogP) is 6.90. The first kappa shape index (κ1) is 25.9. The molecule has 5 nitrogen and oxygen atoms in total. The minimum absolute atomic E-state index is 0.00113. The minimum Gasteiger partial charge on any atom is -0.378 e. The lowest BCUT2D eigenvalue weighted by Gasteiger charge is -2.46. The Morgan fingerprint density at radius 2 is 1.81 bits per heavy atom. The average molecular weight is 529 g/mol. The van der Waals surface area contributed by atoms with E-state index < -0.39 is 17.7 Å². The first-order chi connectivity index (χ1) is 17.7. The minimum atomic E-state index is -2.92. The molecule has 1 saturated heterocycles. The van der Waals surface area contributed by atoms with Crippen molar-refractivity contribution >= 4 is 29.1 Å². The van der Waals surface area contributed by atoms with Crippen molar-refractivity contribution in [3.8, 4) is 0 Å². The number of nitrogens with one attached hydrogen (secondary N) is 2. The molecule has 0 aromatic heterocycles. The van der Waals surface area contributed by atoms with Crippen LogP contribution in [0.3, 0.4) is 0 Å². The Morgan fingerprint density at radius 3 is 2.51 bits per heavy atom. The second-order valence-corrected chi connectivity index (χ2v) is 10.7. The molecule has 2 N–H and O–H groups in total. The van der Waals surface area contributed by atoms with Crippen molar-refractivity contribution in [1.82, 2.24) is 5.32 Å². The van der Waals surface area contributed by atoms with Gasteiger partial charge in [0.2, 0.25) is 0 Å². The van der Waals surface area contributed by atoms with Gasteiger partial charge in [0.25, 0.3) is 17.7 Å². The summed E-state index contributed by atoms with van der Waals surface area (Å²) in [5, 5.41) is 5.82. The molecular weight excluding hydrogens is 498 g/mol. The number of carbonyl (C=O) groups is 2. The van der Waals surface area contributed by atoms with Crippen molar-refractivity contribution < 1.29 is 23.1 Å². The second-order valence-electron chi connectivity index (χ2n) is 10.3. The molecule has 5 rings (SSSR count). The molecule has 8 heteroatoms. The lowest BCUT2D eigenvalue weighted by molar-refractivity contribution is -0.124. The van der Waals surface area contributed by atoms with Crippen LogP contribution in [-0.2, 0) is 20.2 Å². The number of fused-ring (bicyclic) bond motifs is 3. The maximum atomic E-state index is 14.2. The van der Waals surface area contributed by atoms with E-state index >= 15 is 0 Å². The molecule has 3 aliphatic heterocycles. The number of halogens is 3. The van der Waals surface area contributed by atoms with Gasteiger partial charge in [0.05, 0.1) is 18.2 Å². The molecule has 0 radical (unpaired) electrons. The Kier molecular flexibility index (Phi) is 7.37. The quantitative estimate of drug-likeness (QED) is 0.289. The summed E-state index contributed by atoms with van der Waals surface area (Å²) in [6.45, 7) is 0.925. The summed E-state index contributed by atoms with van der Waals surface area (Å²) < 4.78 is 35.0. The summed E-state index contributed by atoms with van der Waals surface area (Å²) in [6, 6.07) is 15.1. The summed E-state index contributed by atoms with van der Waals surface area (Å²) >= 11 is 5.93. The van der Waals surface area contributed by atoms with E-state index in [9.17, 15) is 18.4 Å². The van der Waals surface area contributed by atoms with Crippen LogP contribution >= 0.6 is 11.6 Å². The number of anilines is 1. The maximum absolute atomic E-state index is 14.2. The lowest BCUT2D eigenvalue weighted by atomic mass is 9.76. The van der Waals surface area contributed by atoms with Gasteiger partial charge in [-0.3, -0.25) is 14.9 Å². The zero-order valence-electron chi connectivity index (χ0n) is 20.7. The maximum Gasteiger partial charge on any atom is 0.270 e. The van der Waals surface area contributed by atoms with Gasteiger partial charge in [-0.1, -0.05) is 60.8 Å². The van der Waals surface area contributed by atoms with E-state index in [0.717, 1.165) is 62.3 Å². The Hall–Kier alpha value is -2.77. The summed E-state index contributed by atoms with van der Waals surface area (Å²) in [6.07, 6.45) is 5.46. The highest BCUT2D eigenvalue weighted by atomic mass is 35.5. The molecule has 2 aromatic carbocycles. The number of alkyl halides is 2. The van der Waals surface area contributed by atoms with Crippen LogP contribution in [0, 0.1) is 5.92 Å². The second kappa shape index (κ2) is 10.5. The molecule has 0 aliphatic carbocycles. The number of benzene rings is 2. The Bertz CT molecular complexity index is 1210. The standard InChI is InChI=1S/C29H31ClF2N2O3/c1-29(31,32)18-12-15-23-22(16-18)26-21(25(33-23)17-8-4-2-5-9-17)14-13-19(37-26)10-6-3-7-11-20-24(30)28(36)34-27(20)35/h2,4-5,8-9,12,15-16,19,21,25-26,33H,3,6-7,10-11,13-14H2,1H3,(H,34,35,36)/t19-,21-,25-,26-/m0/s1. The van der Waals surface area contributed by atoms with Gasteiger partial charge in [0.1, 0.15) is 5.03 Å². The fourth-order valence-electron chi connectivity index (χ4n) is 5.78. The molecule has 2 aromatic rings. The molecule has 0 spiro atoms. The van der Waals surface area contributed by atoms with Gasteiger partial charge < -0.3 is 10.1 Å². The van der Waals surface area contributed by atoms with Crippen molar-refractivity contribution in [2.45, 2.75) is 76.0 Å². The van der Waals surface area contributed by atoms with Gasteiger partial charge in [-0.2, -0.15) is 0 Å². The topological polar surface area (TPSA) is 67.4 Å². The normalized spacial score (nSPS) is 25.4. The number of unbranched alkanes of at least 4 members (excludes halogenated alkanes) is 2.